The molecule has 0 saturated carbocycles. The molecule has 0 aliphatic carbocycles. The number of nitrogens with one attached hydrogen (secondary N) is 2. The molecule has 0 aliphatic rings. The van der Waals surface area contributed by atoms with E-state index in [9.17, 15) is 4.79 Å². The zero-order chi connectivity index (χ0) is 12.6. The molecule has 1 aromatic carbocycles. The number of benzene rings is 1. The number of rotatable bonds is 6. The van der Waals surface area contributed by atoms with Gasteiger partial charge in [0.2, 0.25) is 11.9 Å². The van der Waals surface area contributed by atoms with Crippen molar-refractivity contribution >= 4 is 11.9 Å². The van der Waals surface area contributed by atoms with Crippen molar-refractivity contribution in [1.82, 2.24) is 15.2 Å². The minimum Gasteiger partial charge on any atom is -0.494 e. The first kappa shape index (κ1) is 12.1. The molecule has 6 heteroatoms. The van der Waals surface area contributed by atoms with E-state index in [1.165, 1.54) is 6.33 Å². The summed E-state index contributed by atoms with van der Waals surface area (Å²) in [6.07, 6.45) is 2.37. The van der Waals surface area contributed by atoms with E-state index in [0.29, 0.717) is 25.4 Å². The second kappa shape index (κ2) is 6.39. The Balaban J connectivity index is 1.62. The van der Waals surface area contributed by atoms with Crippen LogP contribution in [0.1, 0.15) is 12.8 Å². The van der Waals surface area contributed by atoms with Crippen LogP contribution < -0.4 is 10.1 Å². The number of H-pyrrole nitrogens is 1. The predicted octanol–water partition coefficient (Wildman–Crippen LogP) is 1.60. The number of para-hydroxylation sites is 1. The minimum absolute atomic E-state index is 0.108. The van der Waals surface area contributed by atoms with Crippen LogP contribution in [-0.2, 0) is 4.79 Å². The summed E-state index contributed by atoms with van der Waals surface area (Å²) in [6.45, 7) is 0.508. The number of hydrogen-bond acceptors (Lipinski definition) is 4. The molecule has 1 amide bonds. The standard InChI is InChI=1S/C12H14N4O2/c17-11(15-12-13-9-14-16-12)7-4-8-18-10-5-2-1-3-6-10/h1-3,5-6,9H,4,7-8H2,(H2,13,14,15,16,17). The van der Waals surface area contributed by atoms with Gasteiger partial charge in [0.15, 0.2) is 0 Å². The second-order valence-corrected chi connectivity index (χ2v) is 3.65. The van der Waals surface area contributed by atoms with Crippen LogP contribution in [0.15, 0.2) is 36.7 Å². The molecule has 0 aliphatic heterocycles. The molecule has 0 unspecified atom stereocenters. The number of carbonyl (C=O) groups is 1. The maximum absolute atomic E-state index is 11.5. The van der Waals surface area contributed by atoms with Crippen molar-refractivity contribution < 1.29 is 9.53 Å². The lowest BCUT2D eigenvalue weighted by Gasteiger charge is -2.05. The minimum atomic E-state index is -0.108. The number of carbonyl (C=O) groups excluding carboxylic acids is 1. The van der Waals surface area contributed by atoms with Crippen molar-refractivity contribution in [2.75, 3.05) is 11.9 Å². The Hall–Kier alpha value is -2.37. The average Bonchev–Trinajstić information content (AvgIpc) is 2.89. The van der Waals surface area contributed by atoms with Crippen molar-refractivity contribution in [3.05, 3.63) is 36.7 Å². The SMILES string of the molecule is O=C(CCCOc1ccccc1)Nc1ncn[nH]1. The third-order valence-electron chi connectivity index (χ3n) is 2.23. The highest BCUT2D eigenvalue weighted by molar-refractivity contribution is 5.88. The predicted molar refractivity (Wildman–Crippen MR) is 66.2 cm³/mol. The molecule has 2 rings (SSSR count). The Labute approximate surface area is 104 Å². The van der Waals surface area contributed by atoms with E-state index in [-0.39, 0.29) is 5.91 Å². The molecule has 2 N–H and O–H groups in total. The number of anilines is 1. The Morgan fingerprint density at radius 2 is 2.17 bits per heavy atom. The number of aromatic amines is 1. The normalized spacial score (nSPS) is 10.0. The third-order valence-corrected chi connectivity index (χ3v) is 2.23. The van der Waals surface area contributed by atoms with Gasteiger partial charge in [0, 0.05) is 6.42 Å². The summed E-state index contributed by atoms with van der Waals surface area (Å²) in [7, 11) is 0. The fourth-order valence-corrected chi connectivity index (χ4v) is 1.40. The fourth-order valence-electron chi connectivity index (χ4n) is 1.40. The van der Waals surface area contributed by atoms with Crippen LogP contribution in [0.3, 0.4) is 0 Å². The molecular formula is C12H14N4O2. The molecule has 0 bridgehead atoms. The third kappa shape index (κ3) is 3.89. The lowest BCUT2D eigenvalue weighted by Crippen LogP contribution is -2.13. The van der Waals surface area contributed by atoms with Gasteiger partial charge in [0.1, 0.15) is 12.1 Å². The van der Waals surface area contributed by atoms with Crippen LogP contribution in [0.25, 0.3) is 0 Å². The number of hydrogen-bond donors (Lipinski definition) is 2. The summed E-state index contributed by atoms with van der Waals surface area (Å²) in [5.74, 6) is 1.07. The van der Waals surface area contributed by atoms with E-state index in [1.807, 2.05) is 30.3 Å². The average molecular weight is 246 g/mol. The first-order chi connectivity index (χ1) is 8.84. The summed E-state index contributed by atoms with van der Waals surface area (Å²) >= 11 is 0. The topological polar surface area (TPSA) is 79.9 Å². The van der Waals surface area contributed by atoms with Gasteiger partial charge in [-0.25, -0.2) is 5.10 Å². The fraction of sp³-hybridized carbons (Fsp3) is 0.250. The van der Waals surface area contributed by atoms with Gasteiger partial charge in [-0.1, -0.05) is 18.2 Å². The lowest BCUT2D eigenvalue weighted by atomic mass is 10.3. The molecule has 0 saturated heterocycles. The molecular weight excluding hydrogens is 232 g/mol. The Bertz CT molecular complexity index is 470. The molecule has 0 atom stereocenters. The van der Waals surface area contributed by atoms with Gasteiger partial charge in [-0.05, 0) is 18.6 Å². The molecule has 2 aromatic rings. The summed E-state index contributed by atoms with van der Waals surface area (Å²) in [5.41, 5.74) is 0. The van der Waals surface area contributed by atoms with E-state index in [0.717, 1.165) is 5.75 Å². The molecule has 0 fully saturated rings. The maximum atomic E-state index is 11.5. The highest BCUT2D eigenvalue weighted by Gasteiger charge is 2.03. The molecule has 18 heavy (non-hydrogen) atoms. The molecule has 0 radical (unpaired) electrons. The van der Waals surface area contributed by atoms with Gasteiger partial charge in [0.05, 0.1) is 6.61 Å². The van der Waals surface area contributed by atoms with Crippen molar-refractivity contribution in [3.63, 3.8) is 0 Å². The molecule has 1 heterocycles. The van der Waals surface area contributed by atoms with Crippen LogP contribution in [0.2, 0.25) is 0 Å². The van der Waals surface area contributed by atoms with Gasteiger partial charge in [-0.2, -0.15) is 10.1 Å². The van der Waals surface area contributed by atoms with Gasteiger partial charge < -0.3 is 4.74 Å². The van der Waals surface area contributed by atoms with Crippen molar-refractivity contribution in [3.8, 4) is 5.75 Å². The van der Waals surface area contributed by atoms with Crippen LogP contribution in [0.5, 0.6) is 5.75 Å². The molecule has 1 aromatic heterocycles. The number of amides is 1. The highest BCUT2D eigenvalue weighted by Crippen LogP contribution is 2.08. The van der Waals surface area contributed by atoms with Crippen molar-refractivity contribution in [2.45, 2.75) is 12.8 Å². The van der Waals surface area contributed by atoms with E-state index in [2.05, 4.69) is 20.5 Å². The Kier molecular flexibility index (Phi) is 4.29. The smallest absolute Gasteiger partial charge is 0.226 e. The summed E-state index contributed by atoms with van der Waals surface area (Å²) in [6, 6.07) is 9.51. The second-order valence-electron chi connectivity index (χ2n) is 3.65. The van der Waals surface area contributed by atoms with Crippen molar-refractivity contribution in [2.24, 2.45) is 0 Å². The van der Waals surface area contributed by atoms with E-state index < -0.39 is 0 Å². The summed E-state index contributed by atoms with van der Waals surface area (Å²) in [5, 5.41) is 8.79. The van der Waals surface area contributed by atoms with Gasteiger partial charge in [-0.3, -0.25) is 10.1 Å². The van der Waals surface area contributed by atoms with Crippen LogP contribution >= 0.6 is 0 Å². The zero-order valence-electron chi connectivity index (χ0n) is 9.80. The zero-order valence-corrected chi connectivity index (χ0v) is 9.80. The summed E-state index contributed by atoms with van der Waals surface area (Å²) < 4.78 is 5.48. The number of nitrogens with zero attached hydrogens (tertiary/aromatic N) is 2. The van der Waals surface area contributed by atoms with E-state index in [1.54, 1.807) is 0 Å². The monoisotopic (exact) mass is 246 g/mol. The molecule has 6 nitrogen and oxygen atoms in total. The Morgan fingerprint density at radius 3 is 2.89 bits per heavy atom. The van der Waals surface area contributed by atoms with E-state index >= 15 is 0 Å². The number of ether oxygens (including phenoxy) is 1. The molecule has 94 valence electrons. The quantitative estimate of drug-likeness (QED) is 0.759. The Morgan fingerprint density at radius 1 is 1.33 bits per heavy atom. The lowest BCUT2D eigenvalue weighted by molar-refractivity contribution is -0.116. The van der Waals surface area contributed by atoms with Crippen LogP contribution in [0.4, 0.5) is 5.95 Å². The van der Waals surface area contributed by atoms with Gasteiger partial charge in [0.25, 0.3) is 0 Å². The van der Waals surface area contributed by atoms with Gasteiger partial charge in [-0.15, -0.1) is 0 Å². The number of aromatic nitrogens is 3. The summed E-state index contributed by atoms with van der Waals surface area (Å²) in [4.78, 5) is 15.3. The highest BCUT2D eigenvalue weighted by atomic mass is 16.5. The van der Waals surface area contributed by atoms with Crippen molar-refractivity contribution in [1.29, 1.82) is 0 Å². The van der Waals surface area contributed by atoms with Gasteiger partial charge >= 0.3 is 0 Å². The van der Waals surface area contributed by atoms with E-state index in [4.69, 9.17) is 4.74 Å². The first-order valence-electron chi connectivity index (χ1n) is 5.67. The first-order valence-corrected chi connectivity index (χ1v) is 5.67. The maximum Gasteiger partial charge on any atom is 0.226 e. The largest absolute Gasteiger partial charge is 0.494 e. The van der Waals surface area contributed by atoms with Crippen LogP contribution in [0, 0.1) is 0 Å². The molecule has 0 spiro atoms. The van der Waals surface area contributed by atoms with Crippen LogP contribution in [-0.4, -0.2) is 27.7 Å².